The lowest BCUT2D eigenvalue weighted by molar-refractivity contribution is 0.0600. The Kier molecular flexibility index (Phi) is 6.78. The normalized spacial score (nSPS) is 11.5. The molecule has 5 nitrogen and oxygen atoms in total. The van der Waals surface area contributed by atoms with E-state index >= 15 is 0 Å². The molecule has 138 valence electrons. The number of ether oxygens (including phenoxy) is 3. The molecule has 1 unspecified atom stereocenters. The maximum Gasteiger partial charge on any atom is 0.337 e. The highest BCUT2D eigenvalue weighted by Crippen LogP contribution is 2.28. The predicted molar refractivity (Wildman–Crippen MR) is 99.3 cm³/mol. The van der Waals surface area contributed by atoms with Crippen LogP contribution < -0.4 is 9.47 Å². The minimum absolute atomic E-state index is 0.114. The van der Waals surface area contributed by atoms with Gasteiger partial charge in [-0.3, -0.25) is 4.79 Å². The van der Waals surface area contributed by atoms with Gasteiger partial charge in [0.2, 0.25) is 0 Å². The lowest BCUT2D eigenvalue weighted by Crippen LogP contribution is -2.12. The molecule has 2 rings (SSSR count). The molecule has 5 heteroatoms. The van der Waals surface area contributed by atoms with Crippen LogP contribution in [0.4, 0.5) is 0 Å². The van der Waals surface area contributed by atoms with Gasteiger partial charge in [-0.15, -0.1) is 0 Å². The smallest absolute Gasteiger partial charge is 0.337 e. The Bertz CT molecular complexity index is 764. The Morgan fingerprint density at radius 3 is 2.19 bits per heavy atom. The van der Waals surface area contributed by atoms with Gasteiger partial charge in [0.1, 0.15) is 0 Å². The minimum Gasteiger partial charge on any atom is -0.493 e. The van der Waals surface area contributed by atoms with Crippen LogP contribution in [0.1, 0.15) is 52.5 Å². The molecule has 2 aromatic carbocycles. The summed E-state index contributed by atoms with van der Waals surface area (Å²) in [6.07, 6.45) is 1.05. The van der Waals surface area contributed by atoms with E-state index in [1.165, 1.54) is 25.8 Å². The second kappa shape index (κ2) is 9.04. The fourth-order valence-electron chi connectivity index (χ4n) is 2.49. The van der Waals surface area contributed by atoms with E-state index in [0.29, 0.717) is 28.5 Å². The maximum atomic E-state index is 12.3. The number of ketones is 1. The molecule has 0 radical (unpaired) electrons. The van der Waals surface area contributed by atoms with E-state index in [1.54, 1.807) is 12.1 Å². The highest BCUT2D eigenvalue weighted by Gasteiger charge is 2.14. The lowest BCUT2D eigenvalue weighted by atomic mass is 9.97. The van der Waals surface area contributed by atoms with Gasteiger partial charge in [0.25, 0.3) is 0 Å². The number of benzene rings is 2. The van der Waals surface area contributed by atoms with Gasteiger partial charge >= 0.3 is 5.97 Å². The summed E-state index contributed by atoms with van der Waals surface area (Å²) in [6.45, 7) is 4.18. The van der Waals surface area contributed by atoms with E-state index < -0.39 is 5.97 Å². The summed E-state index contributed by atoms with van der Waals surface area (Å²) in [6, 6.07) is 12.3. The summed E-state index contributed by atoms with van der Waals surface area (Å²) in [5.41, 5.74) is 2.16. The highest BCUT2D eigenvalue weighted by molar-refractivity contribution is 5.97. The lowest BCUT2D eigenvalue weighted by Gasteiger charge is -2.12. The largest absolute Gasteiger partial charge is 0.493 e. The maximum absolute atomic E-state index is 12.3. The Morgan fingerprint density at radius 1 is 0.962 bits per heavy atom. The van der Waals surface area contributed by atoms with Gasteiger partial charge < -0.3 is 14.2 Å². The molecular weight excluding hydrogens is 332 g/mol. The van der Waals surface area contributed by atoms with Crippen molar-refractivity contribution in [1.82, 2.24) is 0 Å². The molecule has 1 atom stereocenters. The number of Topliss-reactive ketones (excluding diaryl/α,β-unsaturated/α-hetero) is 1. The van der Waals surface area contributed by atoms with Crippen LogP contribution in [0.2, 0.25) is 0 Å². The first-order chi connectivity index (χ1) is 12.5. The third kappa shape index (κ3) is 4.63. The van der Waals surface area contributed by atoms with Crippen molar-refractivity contribution >= 4 is 11.8 Å². The monoisotopic (exact) mass is 356 g/mol. The van der Waals surface area contributed by atoms with Gasteiger partial charge in [-0.05, 0) is 36.1 Å². The van der Waals surface area contributed by atoms with Crippen LogP contribution in [-0.2, 0) is 4.74 Å². The van der Waals surface area contributed by atoms with E-state index in [2.05, 4.69) is 18.6 Å². The SMILES string of the molecule is CCC(C)c1ccc(C(=O)COc2ccc(C(=O)OC)cc2OC)cc1. The average Bonchev–Trinajstić information content (AvgIpc) is 2.70. The van der Waals surface area contributed by atoms with Crippen LogP contribution >= 0.6 is 0 Å². The first kappa shape index (κ1) is 19.5. The first-order valence-electron chi connectivity index (χ1n) is 8.52. The summed E-state index contributed by atoms with van der Waals surface area (Å²) in [7, 11) is 2.78. The van der Waals surface area contributed by atoms with Gasteiger partial charge in [0.05, 0.1) is 19.8 Å². The Hall–Kier alpha value is -2.82. The molecule has 0 fully saturated rings. The van der Waals surface area contributed by atoms with Crippen molar-refractivity contribution < 1.29 is 23.8 Å². The van der Waals surface area contributed by atoms with Gasteiger partial charge in [0.15, 0.2) is 23.9 Å². The molecule has 0 amide bonds. The topological polar surface area (TPSA) is 61.8 Å². The van der Waals surface area contributed by atoms with Crippen LogP contribution in [0.25, 0.3) is 0 Å². The predicted octanol–water partition coefficient (Wildman–Crippen LogP) is 4.26. The first-order valence-corrected chi connectivity index (χ1v) is 8.52. The van der Waals surface area contributed by atoms with Crippen molar-refractivity contribution in [1.29, 1.82) is 0 Å². The molecule has 2 aromatic rings. The Balaban J connectivity index is 2.06. The number of rotatable bonds is 8. The van der Waals surface area contributed by atoms with E-state index in [1.807, 2.05) is 24.3 Å². The number of methoxy groups -OCH3 is 2. The standard InChI is InChI=1S/C21H24O5/c1-5-14(2)15-6-8-16(9-7-15)18(22)13-26-19-11-10-17(21(23)25-4)12-20(19)24-3/h6-12,14H,5,13H2,1-4H3. The number of carbonyl (C=O) groups is 2. The second-order valence-corrected chi connectivity index (χ2v) is 6.00. The Morgan fingerprint density at radius 2 is 1.62 bits per heavy atom. The molecule has 0 aromatic heterocycles. The zero-order valence-corrected chi connectivity index (χ0v) is 15.6. The zero-order chi connectivity index (χ0) is 19.1. The summed E-state index contributed by atoms with van der Waals surface area (Å²) in [5.74, 6) is 0.637. The molecule has 0 bridgehead atoms. The highest BCUT2D eigenvalue weighted by atomic mass is 16.5. The quantitative estimate of drug-likeness (QED) is 0.522. The molecule has 0 aliphatic rings. The van der Waals surface area contributed by atoms with Gasteiger partial charge in [-0.2, -0.15) is 0 Å². The van der Waals surface area contributed by atoms with Gasteiger partial charge in [-0.1, -0.05) is 38.1 Å². The summed E-state index contributed by atoms with van der Waals surface area (Å²) < 4.78 is 15.5. The molecule has 26 heavy (non-hydrogen) atoms. The molecule has 0 spiro atoms. The van der Waals surface area contributed by atoms with Crippen molar-refractivity contribution in [3.63, 3.8) is 0 Å². The van der Waals surface area contributed by atoms with Crippen molar-refractivity contribution in [2.24, 2.45) is 0 Å². The van der Waals surface area contributed by atoms with Crippen molar-refractivity contribution in [3.8, 4) is 11.5 Å². The van der Waals surface area contributed by atoms with E-state index in [-0.39, 0.29) is 12.4 Å². The molecule has 0 saturated heterocycles. The van der Waals surface area contributed by atoms with Crippen LogP contribution in [0.15, 0.2) is 42.5 Å². The van der Waals surface area contributed by atoms with Crippen LogP contribution in [-0.4, -0.2) is 32.6 Å². The third-order valence-electron chi connectivity index (χ3n) is 4.36. The average molecular weight is 356 g/mol. The molecule has 0 N–H and O–H groups in total. The number of hydrogen-bond acceptors (Lipinski definition) is 5. The fraction of sp³-hybridized carbons (Fsp3) is 0.333. The minimum atomic E-state index is -0.465. The molecule has 0 aliphatic heterocycles. The molecular formula is C21H24O5. The molecule has 0 saturated carbocycles. The van der Waals surface area contributed by atoms with E-state index in [9.17, 15) is 9.59 Å². The van der Waals surface area contributed by atoms with Crippen LogP contribution in [0.5, 0.6) is 11.5 Å². The zero-order valence-electron chi connectivity index (χ0n) is 15.6. The molecule has 0 aliphatic carbocycles. The number of esters is 1. The van der Waals surface area contributed by atoms with E-state index in [0.717, 1.165) is 6.42 Å². The van der Waals surface area contributed by atoms with E-state index in [4.69, 9.17) is 9.47 Å². The fourth-order valence-corrected chi connectivity index (χ4v) is 2.49. The summed E-state index contributed by atoms with van der Waals surface area (Å²) >= 11 is 0. The van der Waals surface area contributed by atoms with Crippen molar-refractivity contribution in [2.75, 3.05) is 20.8 Å². The summed E-state index contributed by atoms with van der Waals surface area (Å²) in [4.78, 5) is 23.9. The van der Waals surface area contributed by atoms with Crippen molar-refractivity contribution in [2.45, 2.75) is 26.2 Å². The third-order valence-corrected chi connectivity index (χ3v) is 4.36. The number of carbonyl (C=O) groups excluding carboxylic acids is 2. The molecule has 0 heterocycles. The van der Waals surface area contributed by atoms with Crippen LogP contribution in [0.3, 0.4) is 0 Å². The van der Waals surface area contributed by atoms with Crippen LogP contribution in [0, 0.1) is 0 Å². The Labute approximate surface area is 153 Å². The second-order valence-electron chi connectivity index (χ2n) is 6.00. The number of hydrogen-bond donors (Lipinski definition) is 0. The van der Waals surface area contributed by atoms with Crippen molar-refractivity contribution in [3.05, 3.63) is 59.2 Å². The van der Waals surface area contributed by atoms with Gasteiger partial charge in [-0.25, -0.2) is 4.79 Å². The van der Waals surface area contributed by atoms with Gasteiger partial charge in [0, 0.05) is 5.56 Å². The summed E-state index contributed by atoms with van der Waals surface area (Å²) in [5, 5.41) is 0.